The molecule has 0 saturated carbocycles. The number of fused-ring (bicyclic) bond motifs is 3. The summed E-state index contributed by atoms with van der Waals surface area (Å²) in [6.45, 7) is 0.508. The Balaban J connectivity index is 1.26. The van der Waals surface area contributed by atoms with E-state index in [1.807, 2.05) is 24.3 Å². The smallest absolute Gasteiger partial charge is 0.251 e. The highest BCUT2D eigenvalue weighted by Crippen LogP contribution is 2.36. The lowest BCUT2D eigenvalue weighted by atomic mass is 10.0. The average Bonchev–Trinajstić information content (AvgIpc) is 3.16. The van der Waals surface area contributed by atoms with Crippen LogP contribution < -0.4 is 5.32 Å². The van der Waals surface area contributed by atoms with Gasteiger partial charge in [-0.05, 0) is 46.4 Å². The zero-order chi connectivity index (χ0) is 19.6. The van der Waals surface area contributed by atoms with Gasteiger partial charge in [0.2, 0.25) is 0 Å². The summed E-state index contributed by atoms with van der Waals surface area (Å²) in [5, 5.41) is 3.02. The van der Waals surface area contributed by atoms with Crippen molar-refractivity contribution in [2.45, 2.75) is 13.0 Å². The molecule has 29 heavy (non-hydrogen) atoms. The normalized spacial score (nSPS) is 11.6. The van der Waals surface area contributed by atoms with Crippen molar-refractivity contribution in [2.75, 3.05) is 0 Å². The largest absolute Gasteiger partial charge is 0.348 e. The molecule has 0 fully saturated rings. The molecular weight excluding hydrogens is 358 g/mol. The van der Waals surface area contributed by atoms with E-state index in [2.05, 4.69) is 57.7 Å². The number of nitrogens with one attached hydrogen (secondary N) is 1. The summed E-state index contributed by atoms with van der Waals surface area (Å²) in [7, 11) is 0. The summed E-state index contributed by atoms with van der Waals surface area (Å²) >= 11 is 0. The number of carbonyl (C=O) groups is 1. The van der Waals surface area contributed by atoms with Gasteiger partial charge in [-0.2, -0.15) is 0 Å². The predicted octanol–water partition coefficient (Wildman–Crippen LogP) is 4.64. The molecule has 0 unspecified atom stereocenters. The van der Waals surface area contributed by atoms with Crippen LogP contribution in [0.4, 0.5) is 0 Å². The van der Waals surface area contributed by atoms with E-state index in [0.717, 1.165) is 23.2 Å². The number of hydrogen-bond donors (Lipinski definition) is 1. The maximum atomic E-state index is 12.5. The van der Waals surface area contributed by atoms with Gasteiger partial charge >= 0.3 is 0 Å². The Kier molecular flexibility index (Phi) is 4.37. The molecule has 4 aromatic rings. The summed E-state index contributed by atoms with van der Waals surface area (Å²) in [6, 6.07) is 22.4. The molecule has 0 atom stereocenters. The van der Waals surface area contributed by atoms with Crippen molar-refractivity contribution >= 4 is 5.91 Å². The Bertz CT molecular complexity index is 1180. The van der Waals surface area contributed by atoms with E-state index >= 15 is 0 Å². The van der Waals surface area contributed by atoms with E-state index in [1.54, 1.807) is 18.6 Å². The van der Waals surface area contributed by atoms with Gasteiger partial charge in [-0.15, -0.1) is 0 Å². The highest BCUT2D eigenvalue weighted by atomic mass is 16.1. The molecule has 140 valence electrons. The van der Waals surface area contributed by atoms with E-state index < -0.39 is 0 Å². The number of rotatable bonds is 4. The van der Waals surface area contributed by atoms with Crippen LogP contribution >= 0.6 is 0 Å². The molecule has 1 N–H and O–H groups in total. The van der Waals surface area contributed by atoms with Gasteiger partial charge in [0.05, 0.1) is 11.9 Å². The number of amides is 1. The minimum absolute atomic E-state index is 0.0838. The molecule has 1 aromatic heterocycles. The van der Waals surface area contributed by atoms with Crippen molar-refractivity contribution in [3.05, 3.63) is 108 Å². The topological polar surface area (TPSA) is 54.9 Å². The molecule has 0 bridgehead atoms. The van der Waals surface area contributed by atoms with E-state index in [0.29, 0.717) is 12.1 Å². The van der Waals surface area contributed by atoms with Gasteiger partial charge in [0.1, 0.15) is 0 Å². The number of benzene rings is 3. The summed E-state index contributed by atoms with van der Waals surface area (Å²) in [5.74, 6) is -0.0838. The number of nitrogens with zero attached hydrogens (tertiary/aromatic N) is 2. The molecule has 0 aliphatic heterocycles. The van der Waals surface area contributed by atoms with Crippen LogP contribution in [0.3, 0.4) is 0 Å². The van der Waals surface area contributed by atoms with Crippen LogP contribution in [0.5, 0.6) is 0 Å². The quantitative estimate of drug-likeness (QED) is 0.496. The van der Waals surface area contributed by atoms with Crippen molar-refractivity contribution in [1.29, 1.82) is 0 Å². The van der Waals surface area contributed by atoms with Gasteiger partial charge in [0, 0.05) is 30.1 Å². The Hall–Kier alpha value is -3.79. The first-order valence-corrected chi connectivity index (χ1v) is 9.63. The van der Waals surface area contributed by atoms with Gasteiger partial charge in [0.15, 0.2) is 0 Å². The van der Waals surface area contributed by atoms with Crippen molar-refractivity contribution in [3.8, 4) is 22.4 Å². The lowest BCUT2D eigenvalue weighted by molar-refractivity contribution is 0.0951. The second-order valence-electron chi connectivity index (χ2n) is 7.18. The molecule has 1 aliphatic carbocycles. The second-order valence-corrected chi connectivity index (χ2v) is 7.18. The molecule has 0 spiro atoms. The van der Waals surface area contributed by atoms with E-state index in [9.17, 15) is 4.79 Å². The Morgan fingerprint density at radius 3 is 2.55 bits per heavy atom. The van der Waals surface area contributed by atoms with Crippen LogP contribution in [-0.2, 0) is 13.0 Å². The fourth-order valence-corrected chi connectivity index (χ4v) is 3.83. The molecule has 0 saturated heterocycles. The van der Waals surface area contributed by atoms with Crippen LogP contribution in [-0.4, -0.2) is 15.9 Å². The van der Waals surface area contributed by atoms with Crippen molar-refractivity contribution in [3.63, 3.8) is 0 Å². The lowest BCUT2D eigenvalue weighted by Gasteiger charge is -2.08. The highest BCUT2D eigenvalue weighted by Gasteiger charge is 2.17. The zero-order valence-corrected chi connectivity index (χ0v) is 15.8. The van der Waals surface area contributed by atoms with Crippen molar-refractivity contribution in [2.24, 2.45) is 0 Å². The maximum absolute atomic E-state index is 12.5. The first kappa shape index (κ1) is 17.3. The van der Waals surface area contributed by atoms with Gasteiger partial charge in [-0.1, -0.05) is 54.6 Å². The first-order chi connectivity index (χ1) is 14.3. The summed E-state index contributed by atoms with van der Waals surface area (Å²) < 4.78 is 0. The van der Waals surface area contributed by atoms with E-state index in [1.165, 1.54) is 22.3 Å². The van der Waals surface area contributed by atoms with E-state index in [-0.39, 0.29) is 5.91 Å². The lowest BCUT2D eigenvalue weighted by Crippen LogP contribution is -2.22. The number of aromatic nitrogens is 2. The molecule has 3 aromatic carbocycles. The standard InChI is InChI=1S/C25H19N3O/c29-25(19-8-6-18(7-9-19)24-16-26-11-12-27-24)28-15-17-5-10-23-21(13-17)14-20-3-1-2-4-22(20)23/h1-13,16H,14-15H2,(H,28,29). The molecule has 4 nitrogen and oxygen atoms in total. The molecular formula is C25H19N3O. The number of hydrogen-bond acceptors (Lipinski definition) is 3. The SMILES string of the molecule is O=C(NCc1ccc2c(c1)Cc1ccccc1-2)c1ccc(-c2cnccn2)cc1. The van der Waals surface area contributed by atoms with Crippen LogP contribution in [0.2, 0.25) is 0 Å². The Morgan fingerprint density at radius 2 is 1.72 bits per heavy atom. The first-order valence-electron chi connectivity index (χ1n) is 9.63. The Labute approximate surface area is 169 Å². The second kappa shape index (κ2) is 7.32. The number of carbonyl (C=O) groups excluding carboxylic acids is 1. The molecule has 0 radical (unpaired) electrons. The highest BCUT2D eigenvalue weighted by molar-refractivity contribution is 5.94. The molecule has 1 amide bonds. The zero-order valence-electron chi connectivity index (χ0n) is 15.8. The molecule has 1 aliphatic rings. The minimum atomic E-state index is -0.0838. The molecule has 4 heteroatoms. The third-order valence-electron chi connectivity index (χ3n) is 5.32. The Morgan fingerprint density at radius 1 is 0.897 bits per heavy atom. The van der Waals surface area contributed by atoms with Crippen LogP contribution in [0.1, 0.15) is 27.0 Å². The molecule has 5 rings (SSSR count). The fourth-order valence-electron chi connectivity index (χ4n) is 3.83. The van der Waals surface area contributed by atoms with Gasteiger partial charge < -0.3 is 5.32 Å². The van der Waals surface area contributed by atoms with Crippen molar-refractivity contribution in [1.82, 2.24) is 15.3 Å². The van der Waals surface area contributed by atoms with Gasteiger partial charge in [-0.3, -0.25) is 14.8 Å². The average molecular weight is 377 g/mol. The van der Waals surface area contributed by atoms with Gasteiger partial charge in [-0.25, -0.2) is 0 Å². The summed E-state index contributed by atoms with van der Waals surface area (Å²) in [4.78, 5) is 20.9. The van der Waals surface area contributed by atoms with Crippen LogP contribution in [0.15, 0.2) is 85.3 Å². The predicted molar refractivity (Wildman–Crippen MR) is 113 cm³/mol. The van der Waals surface area contributed by atoms with Gasteiger partial charge in [0.25, 0.3) is 5.91 Å². The van der Waals surface area contributed by atoms with Crippen LogP contribution in [0.25, 0.3) is 22.4 Å². The summed E-state index contributed by atoms with van der Waals surface area (Å²) in [6.07, 6.45) is 5.96. The third kappa shape index (κ3) is 3.41. The third-order valence-corrected chi connectivity index (χ3v) is 5.32. The molecule has 1 heterocycles. The van der Waals surface area contributed by atoms with Crippen molar-refractivity contribution < 1.29 is 4.79 Å². The van der Waals surface area contributed by atoms with Crippen LogP contribution in [0, 0.1) is 0 Å². The summed E-state index contributed by atoms with van der Waals surface area (Å²) in [5.41, 5.74) is 8.79. The monoisotopic (exact) mass is 377 g/mol. The van der Waals surface area contributed by atoms with E-state index in [4.69, 9.17) is 0 Å². The minimum Gasteiger partial charge on any atom is -0.348 e. The maximum Gasteiger partial charge on any atom is 0.251 e. The fraction of sp³-hybridized carbons (Fsp3) is 0.0800.